The Morgan fingerprint density at radius 1 is 0.712 bits per heavy atom. The van der Waals surface area contributed by atoms with Gasteiger partial charge in [-0.05, 0) is 122 Å². The number of nitriles is 1. The minimum atomic E-state index is -3.62. The van der Waals surface area contributed by atoms with Gasteiger partial charge in [0.2, 0.25) is 20.0 Å². The zero-order chi connectivity index (χ0) is 38.3. The summed E-state index contributed by atoms with van der Waals surface area (Å²) in [7, 11) is 5.22. The highest BCUT2D eigenvalue weighted by atomic mass is 32.2. The number of carbonyl (C=O) groups is 1. The molecular formula is C38H60N6O6S2+2. The van der Waals surface area contributed by atoms with E-state index in [2.05, 4.69) is 22.2 Å². The van der Waals surface area contributed by atoms with E-state index in [0.717, 1.165) is 93.2 Å². The van der Waals surface area contributed by atoms with Crippen LogP contribution in [0.4, 0.5) is 10.5 Å². The molecule has 2 amide bonds. The number of nitrogens with two attached hydrogens (primary N) is 1. The normalized spacial score (nSPS) is 15.9. The molecule has 6 rings (SSSR count). The van der Waals surface area contributed by atoms with E-state index in [-0.39, 0.29) is 11.5 Å². The number of ether oxygens (including phenoxy) is 1. The number of amides is 2. The maximum Gasteiger partial charge on any atom is 0.332 e. The highest BCUT2D eigenvalue weighted by Gasteiger charge is 2.27. The molecular weight excluding hydrogens is 701 g/mol. The predicted molar refractivity (Wildman–Crippen MR) is 206 cm³/mol. The molecule has 4 aliphatic rings. The van der Waals surface area contributed by atoms with Crippen LogP contribution < -0.4 is 19.9 Å². The minimum absolute atomic E-state index is 0.0407. The number of urea groups is 1. The Morgan fingerprint density at radius 2 is 1.12 bits per heavy atom. The van der Waals surface area contributed by atoms with Gasteiger partial charge in [-0.2, -0.15) is 0 Å². The molecule has 288 valence electrons. The Kier molecular flexibility index (Phi) is 13.8. The fraction of sp³-hybridized carbons (Fsp3) is 0.632. The maximum atomic E-state index is 12.4. The van der Waals surface area contributed by atoms with E-state index in [1.54, 1.807) is 0 Å². The second kappa shape index (κ2) is 17.3. The first-order valence-electron chi connectivity index (χ1n) is 18.6. The first-order chi connectivity index (χ1) is 24.3. The zero-order valence-electron chi connectivity index (χ0n) is 32.1. The van der Waals surface area contributed by atoms with E-state index in [1.165, 1.54) is 57.3 Å². The lowest BCUT2D eigenvalue weighted by atomic mass is 9.99. The second-order valence-corrected chi connectivity index (χ2v) is 20.2. The molecule has 0 aliphatic heterocycles. The number of nitrogens with one attached hydrogen (secondary N) is 2. The summed E-state index contributed by atoms with van der Waals surface area (Å²) in [6.07, 6.45) is 16.1. The van der Waals surface area contributed by atoms with Crippen LogP contribution in [-0.4, -0.2) is 98.7 Å². The zero-order valence-corrected chi connectivity index (χ0v) is 33.7. The number of anilines is 1. The lowest BCUT2D eigenvalue weighted by molar-refractivity contribution is -0.870. The molecule has 2 aromatic rings. The molecule has 14 heteroatoms. The fourth-order valence-electron chi connectivity index (χ4n) is 7.70. The van der Waals surface area contributed by atoms with Crippen molar-refractivity contribution in [3.8, 4) is 12.0 Å². The standard InChI is InChI=1S/C19H29N3O3S.C13H13NO.C6H17N2O2S/c1-22(2,3)11-6-12-26(24,25)21-19(23)20-18-16-9-4-7-14(16)13-15-8-5-10-17(15)18;14-8-15-13-11-5-1-3-9(11)7-10-4-2-6-12(10)13;1-8(2,3)5-4-6-11(7,9)10/h13H,4-12H2,1-3H3,(H-,20,21,23);7H,1-6H2;4-6H2,1-3H3,(H2,7,9,10)/q;;+1/p+1. The Labute approximate surface area is 312 Å². The lowest BCUT2D eigenvalue weighted by Crippen LogP contribution is -2.39. The van der Waals surface area contributed by atoms with Crippen molar-refractivity contribution in [2.45, 2.75) is 89.9 Å². The lowest BCUT2D eigenvalue weighted by Gasteiger charge is -2.23. The molecule has 0 heterocycles. The molecule has 0 atom stereocenters. The third-order valence-corrected chi connectivity index (χ3v) is 12.2. The van der Waals surface area contributed by atoms with Crippen molar-refractivity contribution >= 4 is 31.8 Å². The van der Waals surface area contributed by atoms with Crippen LogP contribution in [0.25, 0.3) is 0 Å². The number of fused-ring (bicyclic) bond motifs is 4. The third-order valence-electron chi connectivity index (χ3n) is 10.0. The van der Waals surface area contributed by atoms with Crippen molar-refractivity contribution in [3.63, 3.8) is 0 Å². The first kappa shape index (κ1) is 41.5. The van der Waals surface area contributed by atoms with Gasteiger partial charge in [-0.15, -0.1) is 5.26 Å². The second-order valence-electron chi connectivity index (χ2n) is 16.6. The van der Waals surface area contributed by atoms with Gasteiger partial charge in [-0.1, -0.05) is 12.1 Å². The number of nitrogens with zero attached hydrogens (tertiary/aromatic N) is 3. The van der Waals surface area contributed by atoms with Gasteiger partial charge in [0.25, 0.3) is 6.26 Å². The topological polar surface area (TPSA) is 168 Å². The summed E-state index contributed by atoms with van der Waals surface area (Å²) in [5.41, 5.74) is 11.3. The first-order valence-corrected chi connectivity index (χ1v) is 21.9. The van der Waals surface area contributed by atoms with Crippen LogP contribution in [0.3, 0.4) is 0 Å². The van der Waals surface area contributed by atoms with Gasteiger partial charge < -0.3 is 19.0 Å². The number of quaternary nitrogens is 2. The predicted octanol–water partition coefficient (Wildman–Crippen LogP) is 4.11. The van der Waals surface area contributed by atoms with E-state index in [9.17, 15) is 21.6 Å². The Hall–Kier alpha value is -3.22. The number of sulfonamides is 2. The van der Waals surface area contributed by atoms with Crippen molar-refractivity contribution < 1.29 is 35.3 Å². The van der Waals surface area contributed by atoms with Crippen molar-refractivity contribution in [1.29, 1.82) is 5.26 Å². The highest BCUT2D eigenvalue weighted by Crippen LogP contribution is 2.40. The summed E-state index contributed by atoms with van der Waals surface area (Å²) in [6, 6.07) is 3.99. The molecule has 52 heavy (non-hydrogen) atoms. The van der Waals surface area contributed by atoms with Crippen LogP contribution in [0, 0.1) is 11.5 Å². The van der Waals surface area contributed by atoms with E-state index < -0.39 is 26.1 Å². The van der Waals surface area contributed by atoms with E-state index in [0.29, 0.717) is 17.3 Å². The molecule has 12 nitrogen and oxygen atoms in total. The molecule has 0 saturated heterocycles. The van der Waals surface area contributed by atoms with Crippen molar-refractivity contribution in [2.75, 3.05) is 72.2 Å². The van der Waals surface area contributed by atoms with Gasteiger partial charge >= 0.3 is 6.03 Å². The summed E-state index contributed by atoms with van der Waals surface area (Å²) in [5.74, 6) is 0.948. The average molecular weight is 761 g/mol. The monoisotopic (exact) mass is 760 g/mol. The molecule has 0 saturated carbocycles. The van der Waals surface area contributed by atoms with Gasteiger partial charge in [0.05, 0.1) is 66.9 Å². The molecule has 0 aromatic heterocycles. The number of carbonyl (C=O) groups excluding carboxylic acids is 1. The molecule has 0 fully saturated rings. The van der Waals surface area contributed by atoms with Crippen molar-refractivity contribution in [1.82, 2.24) is 4.72 Å². The highest BCUT2D eigenvalue weighted by molar-refractivity contribution is 7.90. The van der Waals surface area contributed by atoms with Crippen LogP contribution in [0.15, 0.2) is 12.1 Å². The summed E-state index contributed by atoms with van der Waals surface area (Å²) >= 11 is 0. The quantitative estimate of drug-likeness (QED) is 0.229. The SMILES string of the molecule is C[N+](C)(C)CCCS(=O)(=O)NC(=O)Nc1c2c(cc3c1CCC3)CCC2.C[N+](C)(C)CCCS(N)(=O)=O.N#COc1c2c(cc3c1CCC3)CCC2. The number of hydrogen-bond donors (Lipinski definition) is 3. The smallest absolute Gasteiger partial charge is 0.332 e. The molecule has 4 N–H and O–H groups in total. The molecule has 0 bridgehead atoms. The largest absolute Gasteiger partial charge is 0.387 e. The van der Waals surface area contributed by atoms with Crippen LogP contribution in [0.1, 0.15) is 83.0 Å². The van der Waals surface area contributed by atoms with E-state index in [4.69, 9.17) is 15.1 Å². The number of aryl methyl sites for hydroxylation is 4. The van der Waals surface area contributed by atoms with Crippen molar-refractivity contribution in [2.24, 2.45) is 5.14 Å². The van der Waals surface area contributed by atoms with Gasteiger partial charge in [0, 0.05) is 18.5 Å². The van der Waals surface area contributed by atoms with Crippen LogP contribution in [0.5, 0.6) is 5.75 Å². The van der Waals surface area contributed by atoms with Gasteiger partial charge in [0.1, 0.15) is 5.75 Å². The minimum Gasteiger partial charge on any atom is -0.387 e. The summed E-state index contributed by atoms with van der Waals surface area (Å²) in [6.45, 7) is 1.57. The molecule has 4 aliphatic carbocycles. The fourth-order valence-corrected chi connectivity index (χ4v) is 9.18. The van der Waals surface area contributed by atoms with Crippen LogP contribution in [-0.2, 0) is 71.4 Å². The summed E-state index contributed by atoms with van der Waals surface area (Å²) in [4.78, 5) is 12.4. The number of hydrogen-bond acceptors (Lipinski definition) is 7. The molecule has 2 aromatic carbocycles. The Balaban J connectivity index is 0.000000196. The number of benzene rings is 2. The van der Waals surface area contributed by atoms with Gasteiger partial charge in [0.15, 0.2) is 0 Å². The van der Waals surface area contributed by atoms with Crippen LogP contribution >= 0.6 is 0 Å². The molecule has 0 radical (unpaired) electrons. The van der Waals surface area contributed by atoms with Crippen molar-refractivity contribution in [3.05, 3.63) is 56.6 Å². The van der Waals surface area contributed by atoms with E-state index >= 15 is 0 Å². The Bertz CT molecular complexity index is 1810. The van der Waals surface area contributed by atoms with Gasteiger partial charge in [-0.3, -0.25) is 0 Å². The molecule has 0 spiro atoms. The third kappa shape index (κ3) is 12.4. The maximum absolute atomic E-state index is 12.4. The molecule has 0 unspecified atom stereocenters. The average Bonchev–Trinajstić information content (AvgIpc) is 3.82. The Morgan fingerprint density at radius 3 is 1.52 bits per heavy atom. The van der Waals surface area contributed by atoms with E-state index in [1.807, 2.05) is 48.5 Å². The van der Waals surface area contributed by atoms with Gasteiger partial charge in [-0.25, -0.2) is 31.5 Å². The number of rotatable bonds is 11. The summed E-state index contributed by atoms with van der Waals surface area (Å²) < 4.78 is 54.2. The number of primary sulfonamides is 1. The summed E-state index contributed by atoms with van der Waals surface area (Å²) in [5, 5.41) is 16.4. The van der Waals surface area contributed by atoms with Crippen LogP contribution in [0.2, 0.25) is 0 Å².